The molecule has 0 unspecified atom stereocenters. The Kier molecular flexibility index (Phi) is 3.32. The molecule has 1 saturated heterocycles. The summed E-state index contributed by atoms with van der Waals surface area (Å²) in [6.45, 7) is 2.20. The van der Waals surface area contributed by atoms with Gasteiger partial charge in [-0.1, -0.05) is 36.4 Å². The molecular weight excluding hydrogens is 236 g/mol. The molecular formula is C16H18N2O. The molecule has 3 heteroatoms. The molecule has 1 aliphatic rings. The standard InChI is InChI=1S/C16H18N2O/c1-12-15(13-7-4-3-5-8-13)19-16(18(12)2)14-9-6-10-17-11-14/h3-12,15-16H,1-2H3/t12-,15-,16-/m1/s1. The molecule has 0 N–H and O–H groups in total. The van der Waals surface area contributed by atoms with Crippen LogP contribution in [0.5, 0.6) is 0 Å². The third-order valence-electron chi connectivity index (χ3n) is 3.82. The molecule has 1 aliphatic heterocycles. The number of aromatic nitrogens is 1. The van der Waals surface area contributed by atoms with Gasteiger partial charge in [-0.2, -0.15) is 0 Å². The molecule has 0 spiro atoms. The van der Waals surface area contributed by atoms with Crippen LogP contribution in [0.15, 0.2) is 54.9 Å². The van der Waals surface area contributed by atoms with Crippen LogP contribution in [0.1, 0.15) is 30.4 Å². The summed E-state index contributed by atoms with van der Waals surface area (Å²) in [6, 6.07) is 14.8. The van der Waals surface area contributed by atoms with Gasteiger partial charge < -0.3 is 4.74 Å². The molecule has 1 aromatic carbocycles. The summed E-state index contributed by atoms with van der Waals surface area (Å²) in [5.74, 6) is 0. The van der Waals surface area contributed by atoms with E-state index in [2.05, 4.69) is 54.2 Å². The lowest BCUT2D eigenvalue weighted by Crippen LogP contribution is -2.27. The first-order valence-corrected chi connectivity index (χ1v) is 6.59. The van der Waals surface area contributed by atoms with E-state index >= 15 is 0 Å². The fraction of sp³-hybridized carbons (Fsp3) is 0.312. The Morgan fingerprint density at radius 2 is 1.79 bits per heavy atom. The van der Waals surface area contributed by atoms with Gasteiger partial charge in [-0.15, -0.1) is 0 Å². The normalized spacial score (nSPS) is 27.6. The van der Waals surface area contributed by atoms with Gasteiger partial charge in [0.25, 0.3) is 0 Å². The van der Waals surface area contributed by atoms with Gasteiger partial charge in [0.15, 0.2) is 0 Å². The second kappa shape index (κ2) is 5.11. The van der Waals surface area contributed by atoms with E-state index in [0.29, 0.717) is 6.04 Å². The van der Waals surface area contributed by atoms with Crippen molar-refractivity contribution in [1.82, 2.24) is 9.88 Å². The lowest BCUT2D eigenvalue weighted by molar-refractivity contribution is 0.00538. The molecule has 1 aromatic heterocycles. The predicted molar refractivity (Wildman–Crippen MR) is 74.5 cm³/mol. The average Bonchev–Trinajstić information content (AvgIpc) is 2.77. The minimum atomic E-state index is -0.0195. The molecule has 3 atom stereocenters. The number of likely N-dealkylation sites (N-methyl/N-ethyl adjacent to an activating group) is 1. The summed E-state index contributed by atoms with van der Waals surface area (Å²) in [4.78, 5) is 6.44. The van der Waals surface area contributed by atoms with Crippen LogP contribution < -0.4 is 0 Å². The second-order valence-corrected chi connectivity index (χ2v) is 5.01. The number of rotatable bonds is 2. The van der Waals surface area contributed by atoms with Gasteiger partial charge in [-0.05, 0) is 25.6 Å². The SMILES string of the molecule is C[C@@H]1[C@H](c2ccccc2)O[C@H](c2cccnc2)N1C. The van der Waals surface area contributed by atoms with Crippen LogP contribution in [0.4, 0.5) is 0 Å². The summed E-state index contributed by atoms with van der Waals surface area (Å²) in [7, 11) is 2.10. The van der Waals surface area contributed by atoms with Crippen LogP contribution in [-0.2, 0) is 4.74 Å². The van der Waals surface area contributed by atoms with Crippen LogP contribution in [0.25, 0.3) is 0 Å². The fourth-order valence-corrected chi connectivity index (χ4v) is 2.61. The van der Waals surface area contributed by atoms with Gasteiger partial charge in [0, 0.05) is 24.0 Å². The Morgan fingerprint density at radius 1 is 1.05 bits per heavy atom. The molecule has 2 heterocycles. The summed E-state index contributed by atoms with van der Waals surface area (Å²) in [5.41, 5.74) is 2.34. The largest absolute Gasteiger partial charge is 0.349 e. The van der Waals surface area contributed by atoms with Crippen LogP contribution in [-0.4, -0.2) is 23.0 Å². The van der Waals surface area contributed by atoms with E-state index in [-0.39, 0.29) is 12.3 Å². The molecule has 3 rings (SSSR count). The predicted octanol–water partition coefficient (Wildman–Crippen LogP) is 3.17. The number of hydrogen-bond donors (Lipinski definition) is 0. The quantitative estimate of drug-likeness (QED) is 0.823. The van der Waals surface area contributed by atoms with Crippen molar-refractivity contribution in [3.05, 3.63) is 66.0 Å². The highest BCUT2D eigenvalue weighted by molar-refractivity contribution is 5.22. The van der Waals surface area contributed by atoms with Gasteiger partial charge in [0.05, 0.1) is 0 Å². The molecule has 2 aromatic rings. The van der Waals surface area contributed by atoms with Crippen LogP contribution >= 0.6 is 0 Å². The fourth-order valence-electron chi connectivity index (χ4n) is 2.61. The minimum absolute atomic E-state index is 0.0195. The smallest absolute Gasteiger partial charge is 0.139 e. The zero-order valence-corrected chi connectivity index (χ0v) is 11.2. The Morgan fingerprint density at radius 3 is 2.47 bits per heavy atom. The Hall–Kier alpha value is -1.71. The zero-order chi connectivity index (χ0) is 13.2. The molecule has 0 saturated carbocycles. The molecule has 19 heavy (non-hydrogen) atoms. The third kappa shape index (κ3) is 2.27. The first kappa shape index (κ1) is 12.3. The second-order valence-electron chi connectivity index (χ2n) is 5.01. The van der Waals surface area contributed by atoms with Crippen molar-refractivity contribution in [2.45, 2.75) is 25.3 Å². The topological polar surface area (TPSA) is 25.4 Å². The van der Waals surface area contributed by atoms with Crippen molar-refractivity contribution < 1.29 is 4.74 Å². The monoisotopic (exact) mass is 254 g/mol. The van der Waals surface area contributed by atoms with Crippen molar-refractivity contribution in [2.24, 2.45) is 0 Å². The van der Waals surface area contributed by atoms with E-state index in [4.69, 9.17) is 4.74 Å². The highest BCUT2D eigenvalue weighted by atomic mass is 16.5. The summed E-state index contributed by atoms with van der Waals surface area (Å²) in [5, 5.41) is 0. The number of ether oxygens (including phenoxy) is 1. The van der Waals surface area contributed by atoms with E-state index in [0.717, 1.165) is 5.56 Å². The maximum Gasteiger partial charge on any atom is 0.139 e. The zero-order valence-electron chi connectivity index (χ0n) is 11.2. The van der Waals surface area contributed by atoms with Gasteiger partial charge in [0.2, 0.25) is 0 Å². The van der Waals surface area contributed by atoms with Crippen molar-refractivity contribution in [3.8, 4) is 0 Å². The van der Waals surface area contributed by atoms with E-state index in [9.17, 15) is 0 Å². The Labute approximate surface area is 113 Å². The highest BCUT2D eigenvalue weighted by Crippen LogP contribution is 2.40. The molecule has 1 fully saturated rings. The molecule has 0 amide bonds. The first-order valence-electron chi connectivity index (χ1n) is 6.59. The van der Waals surface area contributed by atoms with Crippen molar-refractivity contribution in [1.29, 1.82) is 0 Å². The van der Waals surface area contributed by atoms with Crippen LogP contribution in [0.3, 0.4) is 0 Å². The average molecular weight is 254 g/mol. The maximum atomic E-state index is 6.24. The number of hydrogen-bond acceptors (Lipinski definition) is 3. The lowest BCUT2D eigenvalue weighted by Gasteiger charge is -2.21. The lowest BCUT2D eigenvalue weighted by atomic mass is 10.0. The molecule has 0 bridgehead atoms. The van der Waals surface area contributed by atoms with Gasteiger partial charge >= 0.3 is 0 Å². The van der Waals surface area contributed by atoms with Crippen molar-refractivity contribution in [2.75, 3.05) is 7.05 Å². The number of pyridine rings is 1. The summed E-state index contributed by atoms with van der Waals surface area (Å²) >= 11 is 0. The van der Waals surface area contributed by atoms with Crippen molar-refractivity contribution >= 4 is 0 Å². The van der Waals surface area contributed by atoms with E-state index in [1.54, 1.807) is 6.20 Å². The molecule has 0 aliphatic carbocycles. The first-order chi connectivity index (χ1) is 9.27. The maximum absolute atomic E-state index is 6.24. The number of nitrogens with zero attached hydrogens (tertiary/aromatic N) is 2. The van der Waals surface area contributed by atoms with E-state index in [1.807, 2.05) is 18.3 Å². The van der Waals surface area contributed by atoms with Crippen LogP contribution in [0.2, 0.25) is 0 Å². The van der Waals surface area contributed by atoms with Gasteiger partial charge in [-0.25, -0.2) is 0 Å². The minimum Gasteiger partial charge on any atom is -0.349 e. The number of benzene rings is 1. The van der Waals surface area contributed by atoms with Crippen LogP contribution in [0, 0.1) is 0 Å². The summed E-state index contributed by atoms with van der Waals surface area (Å²) < 4.78 is 6.24. The van der Waals surface area contributed by atoms with Crippen molar-refractivity contribution in [3.63, 3.8) is 0 Å². The Bertz CT molecular complexity index is 479. The molecule has 0 radical (unpaired) electrons. The summed E-state index contributed by atoms with van der Waals surface area (Å²) in [6.07, 6.45) is 3.75. The van der Waals surface area contributed by atoms with Gasteiger partial charge in [-0.3, -0.25) is 9.88 Å². The Balaban J connectivity index is 1.88. The van der Waals surface area contributed by atoms with Gasteiger partial charge in [0.1, 0.15) is 12.3 Å². The third-order valence-corrected chi connectivity index (χ3v) is 3.82. The molecule has 3 nitrogen and oxygen atoms in total. The highest BCUT2D eigenvalue weighted by Gasteiger charge is 2.38. The molecule has 98 valence electrons. The van der Waals surface area contributed by atoms with E-state index < -0.39 is 0 Å². The van der Waals surface area contributed by atoms with E-state index in [1.165, 1.54) is 5.56 Å².